The molecule has 0 aromatic heterocycles. The summed E-state index contributed by atoms with van der Waals surface area (Å²) in [5.41, 5.74) is 0.907. The highest BCUT2D eigenvalue weighted by Gasteiger charge is 2.20. The molecule has 0 radical (unpaired) electrons. The van der Waals surface area contributed by atoms with E-state index in [1.807, 2.05) is 0 Å². The molecule has 0 spiro atoms. The highest BCUT2D eigenvalue weighted by molar-refractivity contribution is 6.60. The summed E-state index contributed by atoms with van der Waals surface area (Å²) in [6, 6.07) is 2.92. The van der Waals surface area contributed by atoms with Crippen molar-refractivity contribution in [3.8, 4) is 0 Å². The van der Waals surface area contributed by atoms with Crippen LogP contribution in [-0.2, 0) is 0 Å². The minimum absolute atomic E-state index is 0.550. The van der Waals surface area contributed by atoms with Gasteiger partial charge in [0.2, 0.25) is 0 Å². The maximum Gasteiger partial charge on any atom is 0.0452 e. The van der Waals surface area contributed by atoms with Gasteiger partial charge in [0, 0.05) is 15.3 Å². The molecule has 2 heteroatoms. The fourth-order valence-corrected chi connectivity index (χ4v) is 6.22. The number of likely N-dealkylation sites (tertiary alicyclic amines) is 1. The van der Waals surface area contributed by atoms with Crippen LogP contribution >= 0.6 is 0 Å². The molecular formula is C16H33NSi. The standard InChI is InChI=1S/C16H33NSi/c1-4-12-16(18(5-2)6-3)15-17-13-10-8-7-9-11-14-17/h4,12,16,18H,5-11,13-15H2,1-3H3. The molecule has 0 N–H and O–H groups in total. The number of rotatable bonds is 6. The zero-order valence-electron chi connectivity index (χ0n) is 12.8. The van der Waals surface area contributed by atoms with E-state index in [1.165, 1.54) is 63.8 Å². The number of nitrogens with zero attached hydrogens (tertiary/aromatic N) is 1. The maximum atomic E-state index is 2.76. The van der Waals surface area contributed by atoms with Crippen LogP contribution in [0.5, 0.6) is 0 Å². The lowest BCUT2D eigenvalue weighted by Crippen LogP contribution is -2.34. The fraction of sp³-hybridized carbons (Fsp3) is 0.875. The van der Waals surface area contributed by atoms with Gasteiger partial charge in [0.25, 0.3) is 0 Å². The molecule has 0 aliphatic carbocycles. The first-order valence-corrected chi connectivity index (χ1v) is 10.5. The van der Waals surface area contributed by atoms with Gasteiger partial charge in [0.1, 0.15) is 0 Å². The predicted octanol–water partition coefficient (Wildman–Crippen LogP) is 4.47. The minimum atomic E-state index is -0.550. The maximum absolute atomic E-state index is 2.76. The van der Waals surface area contributed by atoms with Crippen LogP contribution in [-0.4, -0.2) is 33.3 Å². The van der Waals surface area contributed by atoms with E-state index in [2.05, 4.69) is 37.8 Å². The summed E-state index contributed by atoms with van der Waals surface area (Å²) in [5.74, 6) is 0. The Balaban J connectivity index is 2.51. The summed E-state index contributed by atoms with van der Waals surface area (Å²) in [6.45, 7) is 11.1. The van der Waals surface area contributed by atoms with Crippen LogP contribution in [0.3, 0.4) is 0 Å². The van der Waals surface area contributed by atoms with E-state index in [0.717, 1.165) is 5.54 Å². The molecule has 1 fully saturated rings. The summed E-state index contributed by atoms with van der Waals surface area (Å²) < 4.78 is 0. The van der Waals surface area contributed by atoms with Gasteiger partial charge < -0.3 is 4.90 Å². The summed E-state index contributed by atoms with van der Waals surface area (Å²) in [5, 5.41) is 0. The molecule has 0 aromatic carbocycles. The largest absolute Gasteiger partial charge is 0.303 e. The van der Waals surface area contributed by atoms with Gasteiger partial charge in [0.15, 0.2) is 0 Å². The average Bonchev–Trinajstić information content (AvgIpc) is 2.34. The zero-order chi connectivity index (χ0) is 13.2. The minimum Gasteiger partial charge on any atom is -0.303 e. The summed E-state index contributed by atoms with van der Waals surface area (Å²) >= 11 is 0. The van der Waals surface area contributed by atoms with E-state index < -0.39 is 8.80 Å². The van der Waals surface area contributed by atoms with Crippen LogP contribution in [0.25, 0.3) is 0 Å². The van der Waals surface area contributed by atoms with Gasteiger partial charge in [-0.2, -0.15) is 0 Å². The Hall–Kier alpha value is -0.0831. The van der Waals surface area contributed by atoms with Crippen LogP contribution in [0.4, 0.5) is 0 Å². The van der Waals surface area contributed by atoms with Crippen molar-refractivity contribution in [2.75, 3.05) is 19.6 Å². The van der Waals surface area contributed by atoms with E-state index in [1.54, 1.807) is 0 Å². The molecule has 1 nitrogen and oxygen atoms in total. The Kier molecular flexibility index (Phi) is 8.69. The van der Waals surface area contributed by atoms with Crippen LogP contribution in [0, 0.1) is 0 Å². The van der Waals surface area contributed by atoms with Crippen molar-refractivity contribution >= 4 is 8.80 Å². The smallest absolute Gasteiger partial charge is 0.0452 e. The van der Waals surface area contributed by atoms with Gasteiger partial charge in [-0.15, -0.1) is 0 Å². The van der Waals surface area contributed by atoms with Crippen molar-refractivity contribution in [3.63, 3.8) is 0 Å². The van der Waals surface area contributed by atoms with E-state index in [9.17, 15) is 0 Å². The summed E-state index contributed by atoms with van der Waals surface area (Å²) in [7, 11) is -0.550. The number of hydrogen-bond acceptors (Lipinski definition) is 1. The van der Waals surface area contributed by atoms with E-state index in [4.69, 9.17) is 0 Å². The van der Waals surface area contributed by atoms with Crippen LogP contribution in [0.15, 0.2) is 12.2 Å². The monoisotopic (exact) mass is 267 g/mol. The van der Waals surface area contributed by atoms with Crippen LogP contribution in [0.2, 0.25) is 17.6 Å². The van der Waals surface area contributed by atoms with Crippen molar-refractivity contribution in [2.45, 2.75) is 70.5 Å². The quantitative estimate of drug-likeness (QED) is 0.507. The highest BCUT2D eigenvalue weighted by Crippen LogP contribution is 2.22. The average molecular weight is 268 g/mol. The second-order valence-electron chi connectivity index (χ2n) is 5.83. The first kappa shape index (κ1) is 16.0. The Morgan fingerprint density at radius 3 is 2.06 bits per heavy atom. The lowest BCUT2D eigenvalue weighted by Gasteiger charge is -2.30. The van der Waals surface area contributed by atoms with Gasteiger partial charge in [0.05, 0.1) is 0 Å². The molecule has 106 valence electrons. The van der Waals surface area contributed by atoms with Crippen molar-refractivity contribution in [3.05, 3.63) is 12.2 Å². The Morgan fingerprint density at radius 1 is 1.00 bits per heavy atom. The van der Waals surface area contributed by atoms with E-state index in [0.29, 0.717) is 0 Å². The van der Waals surface area contributed by atoms with Crippen molar-refractivity contribution in [1.82, 2.24) is 4.90 Å². The molecule has 0 amide bonds. The highest BCUT2D eigenvalue weighted by atomic mass is 28.3. The topological polar surface area (TPSA) is 3.24 Å². The van der Waals surface area contributed by atoms with E-state index >= 15 is 0 Å². The first-order valence-electron chi connectivity index (χ1n) is 8.16. The fourth-order valence-electron chi connectivity index (χ4n) is 3.30. The lowest BCUT2D eigenvalue weighted by atomic mass is 10.1. The Morgan fingerprint density at radius 2 is 1.56 bits per heavy atom. The van der Waals surface area contributed by atoms with Crippen molar-refractivity contribution in [1.29, 1.82) is 0 Å². The first-order chi connectivity index (χ1) is 8.81. The molecular weight excluding hydrogens is 234 g/mol. The predicted molar refractivity (Wildman–Crippen MR) is 86.2 cm³/mol. The van der Waals surface area contributed by atoms with Crippen molar-refractivity contribution in [2.24, 2.45) is 0 Å². The summed E-state index contributed by atoms with van der Waals surface area (Å²) in [4.78, 5) is 2.76. The third kappa shape index (κ3) is 5.70. The zero-order valence-corrected chi connectivity index (χ0v) is 14.0. The molecule has 1 saturated heterocycles. The van der Waals surface area contributed by atoms with Gasteiger partial charge in [-0.1, -0.05) is 57.4 Å². The normalized spacial score (nSPS) is 21.1. The number of allylic oxidation sites excluding steroid dienone is 1. The third-order valence-corrected chi connectivity index (χ3v) is 8.25. The second kappa shape index (κ2) is 9.80. The molecule has 18 heavy (non-hydrogen) atoms. The Bertz CT molecular complexity index is 215. The molecule has 1 unspecified atom stereocenters. The SMILES string of the molecule is CC=CC(CN1CCCCCCC1)[SiH](CC)CC. The lowest BCUT2D eigenvalue weighted by molar-refractivity contribution is 0.251. The molecule has 1 heterocycles. The van der Waals surface area contributed by atoms with Gasteiger partial charge in [-0.3, -0.25) is 0 Å². The molecule has 0 aromatic rings. The van der Waals surface area contributed by atoms with Crippen molar-refractivity contribution < 1.29 is 0 Å². The Labute approximate surface area is 116 Å². The molecule has 1 rings (SSSR count). The molecule has 0 saturated carbocycles. The van der Waals surface area contributed by atoms with E-state index in [-0.39, 0.29) is 0 Å². The van der Waals surface area contributed by atoms with Gasteiger partial charge >= 0.3 is 0 Å². The molecule has 1 atom stereocenters. The summed E-state index contributed by atoms with van der Waals surface area (Å²) in [6.07, 6.45) is 12.0. The van der Waals surface area contributed by atoms with Crippen LogP contribution < -0.4 is 0 Å². The molecule has 0 bridgehead atoms. The van der Waals surface area contributed by atoms with Gasteiger partial charge in [-0.05, 0) is 38.4 Å². The number of hydrogen-bond donors (Lipinski definition) is 0. The van der Waals surface area contributed by atoms with Gasteiger partial charge in [-0.25, -0.2) is 0 Å². The molecule has 1 aliphatic heterocycles. The molecule has 1 aliphatic rings. The third-order valence-electron chi connectivity index (χ3n) is 4.51. The second-order valence-corrected chi connectivity index (χ2v) is 9.84. The van der Waals surface area contributed by atoms with Crippen LogP contribution in [0.1, 0.15) is 52.9 Å².